The normalized spacial score (nSPS) is 21.9. The van der Waals surface area contributed by atoms with E-state index in [9.17, 15) is 0 Å². The molecule has 1 saturated carbocycles. The van der Waals surface area contributed by atoms with Gasteiger partial charge < -0.3 is 4.90 Å². The van der Waals surface area contributed by atoms with Gasteiger partial charge in [0.25, 0.3) is 0 Å². The summed E-state index contributed by atoms with van der Waals surface area (Å²) in [6, 6.07) is 9.05. The van der Waals surface area contributed by atoms with Crippen LogP contribution in [0.3, 0.4) is 0 Å². The number of aryl methyl sites for hydroxylation is 1. The summed E-state index contributed by atoms with van der Waals surface area (Å²) in [6.45, 7) is 6.37. The molecule has 2 radical (unpaired) electrons. The maximum Gasteiger partial charge on any atom is 0.104 e. The van der Waals surface area contributed by atoms with Gasteiger partial charge in [-0.1, -0.05) is 37.3 Å². The lowest BCUT2D eigenvalue weighted by atomic mass is 10.1. The van der Waals surface area contributed by atoms with Crippen LogP contribution in [0.15, 0.2) is 48.2 Å². The Balaban J connectivity index is 1.64. The minimum absolute atomic E-state index is 0.799. The van der Waals surface area contributed by atoms with E-state index in [1.807, 2.05) is 6.20 Å². The third-order valence-electron chi connectivity index (χ3n) is 4.57. The van der Waals surface area contributed by atoms with Crippen LogP contribution in [-0.4, -0.2) is 37.3 Å². The molecule has 0 amide bonds. The minimum Gasteiger partial charge on any atom is -0.350 e. The first-order valence-corrected chi connectivity index (χ1v) is 8.44. The Hall–Kier alpha value is -1.48. The molecule has 114 valence electrons. The van der Waals surface area contributed by atoms with Gasteiger partial charge in [0.2, 0.25) is 0 Å². The number of rotatable bonds is 5. The van der Waals surface area contributed by atoms with E-state index in [-0.39, 0.29) is 0 Å². The number of benzene rings is 1. The van der Waals surface area contributed by atoms with Crippen molar-refractivity contribution in [1.29, 1.82) is 0 Å². The Morgan fingerprint density at radius 1 is 1.14 bits per heavy atom. The van der Waals surface area contributed by atoms with Gasteiger partial charge in [-0.05, 0) is 42.5 Å². The van der Waals surface area contributed by atoms with Crippen LogP contribution < -0.4 is 0 Å². The van der Waals surface area contributed by atoms with Crippen molar-refractivity contribution in [3.63, 3.8) is 0 Å². The molecule has 3 heteroatoms. The molecule has 1 saturated heterocycles. The fraction of sp³-hybridized carbons (Fsp3) is 0.474. The second-order valence-corrected chi connectivity index (χ2v) is 6.41. The number of piperazine rings is 1. The van der Waals surface area contributed by atoms with Crippen molar-refractivity contribution in [2.24, 2.45) is 5.92 Å². The third-order valence-corrected chi connectivity index (χ3v) is 4.57. The lowest BCUT2D eigenvalue weighted by Gasteiger charge is -2.36. The van der Waals surface area contributed by atoms with Crippen LogP contribution in [0.2, 0.25) is 0 Å². The van der Waals surface area contributed by atoms with Crippen molar-refractivity contribution in [3.8, 4) is 0 Å². The van der Waals surface area contributed by atoms with Crippen LogP contribution in [0.4, 0.5) is 0 Å². The lowest BCUT2D eigenvalue weighted by molar-refractivity contribution is 0.201. The van der Waals surface area contributed by atoms with Gasteiger partial charge >= 0.3 is 0 Å². The highest BCUT2D eigenvalue weighted by molar-refractivity contribution is 6.16. The largest absolute Gasteiger partial charge is 0.350 e. The summed E-state index contributed by atoms with van der Waals surface area (Å²) in [5, 5.41) is 0. The molecule has 3 rings (SSSR count). The SMILES string of the molecule is [B]/C=C\N1CCN(Cc2ccc(CC)cc2)C/C1=C\C1CC1. The highest BCUT2D eigenvalue weighted by atomic mass is 15.3. The van der Waals surface area contributed by atoms with Gasteiger partial charge in [-0.15, -0.1) is 5.98 Å². The molecule has 22 heavy (non-hydrogen) atoms. The molecule has 2 aliphatic rings. The number of allylic oxidation sites excluding steroid dienone is 1. The summed E-state index contributed by atoms with van der Waals surface area (Å²) in [5.74, 6) is 2.45. The average Bonchev–Trinajstić information content (AvgIpc) is 3.35. The molecule has 1 aromatic carbocycles. The van der Waals surface area contributed by atoms with Crippen molar-refractivity contribution in [3.05, 3.63) is 59.3 Å². The molecule has 0 aromatic heterocycles. The van der Waals surface area contributed by atoms with Crippen LogP contribution in [0.1, 0.15) is 30.9 Å². The van der Waals surface area contributed by atoms with Crippen LogP contribution in [0.5, 0.6) is 0 Å². The molecule has 1 aliphatic carbocycles. The Labute approximate surface area is 135 Å². The summed E-state index contributed by atoms with van der Waals surface area (Å²) >= 11 is 0. The van der Waals surface area contributed by atoms with E-state index in [2.05, 4.69) is 47.1 Å². The quantitative estimate of drug-likeness (QED) is 0.768. The van der Waals surface area contributed by atoms with E-state index in [0.29, 0.717) is 0 Å². The van der Waals surface area contributed by atoms with E-state index in [0.717, 1.165) is 38.5 Å². The van der Waals surface area contributed by atoms with Crippen molar-refractivity contribution in [1.82, 2.24) is 9.80 Å². The van der Waals surface area contributed by atoms with Gasteiger partial charge in [0.1, 0.15) is 7.85 Å². The van der Waals surface area contributed by atoms with Crippen LogP contribution in [-0.2, 0) is 13.0 Å². The molecule has 2 fully saturated rings. The molecular formula is C19H25BN2. The maximum atomic E-state index is 5.59. The fourth-order valence-electron chi connectivity index (χ4n) is 3.02. The van der Waals surface area contributed by atoms with Gasteiger partial charge in [-0.25, -0.2) is 0 Å². The van der Waals surface area contributed by atoms with Crippen LogP contribution in [0.25, 0.3) is 0 Å². The second kappa shape index (κ2) is 7.19. The van der Waals surface area contributed by atoms with Gasteiger partial charge in [0.05, 0.1) is 0 Å². The highest BCUT2D eigenvalue weighted by Crippen LogP contribution is 2.32. The third kappa shape index (κ3) is 4.04. The number of nitrogens with zero attached hydrogens (tertiary/aromatic N) is 2. The molecular weight excluding hydrogens is 267 g/mol. The molecule has 1 aliphatic heterocycles. The number of hydrogen-bond donors (Lipinski definition) is 0. The first kappa shape index (κ1) is 15.4. The first-order valence-electron chi connectivity index (χ1n) is 8.44. The zero-order valence-electron chi connectivity index (χ0n) is 13.5. The predicted molar refractivity (Wildman–Crippen MR) is 93.5 cm³/mol. The average molecular weight is 292 g/mol. The summed E-state index contributed by atoms with van der Waals surface area (Å²) in [4.78, 5) is 4.85. The highest BCUT2D eigenvalue weighted by Gasteiger charge is 2.24. The topological polar surface area (TPSA) is 6.48 Å². The van der Waals surface area contributed by atoms with Crippen LogP contribution >= 0.6 is 0 Å². The molecule has 2 nitrogen and oxygen atoms in total. The zero-order chi connectivity index (χ0) is 15.4. The van der Waals surface area contributed by atoms with E-state index in [4.69, 9.17) is 7.85 Å². The Morgan fingerprint density at radius 3 is 2.50 bits per heavy atom. The molecule has 0 bridgehead atoms. The fourth-order valence-corrected chi connectivity index (χ4v) is 3.02. The van der Waals surface area contributed by atoms with E-state index in [1.165, 1.54) is 29.7 Å². The summed E-state index contributed by atoms with van der Waals surface area (Å²) < 4.78 is 0. The van der Waals surface area contributed by atoms with E-state index >= 15 is 0 Å². The Bertz CT molecular complexity index is 543. The molecule has 0 spiro atoms. The van der Waals surface area contributed by atoms with Crippen molar-refractivity contribution < 1.29 is 0 Å². The Kier molecular flexibility index (Phi) is 5.04. The zero-order valence-corrected chi connectivity index (χ0v) is 13.5. The van der Waals surface area contributed by atoms with Gasteiger partial charge in [0, 0.05) is 31.9 Å². The monoisotopic (exact) mass is 292 g/mol. The summed E-state index contributed by atoms with van der Waals surface area (Å²) in [5.41, 5.74) is 4.24. The lowest BCUT2D eigenvalue weighted by Crippen LogP contribution is -2.42. The van der Waals surface area contributed by atoms with E-state index < -0.39 is 0 Å². The first-order chi connectivity index (χ1) is 10.8. The molecule has 0 atom stereocenters. The van der Waals surface area contributed by atoms with Gasteiger partial charge in [0.15, 0.2) is 0 Å². The summed E-state index contributed by atoms with van der Waals surface area (Å²) in [7, 11) is 5.59. The number of hydrogen-bond acceptors (Lipinski definition) is 2. The molecule has 0 unspecified atom stereocenters. The standard InChI is InChI=1S/C19H25BN2/c1-2-16-3-7-18(8-4-16)14-21-11-12-22(10-9-20)19(15-21)13-17-5-6-17/h3-4,7-10,13,17H,2,5-6,11-12,14-15H2,1H3/b10-9-,19-13+. The van der Waals surface area contributed by atoms with Gasteiger partial charge in [-0.3, -0.25) is 4.90 Å². The molecule has 1 heterocycles. The molecule has 1 aromatic rings. The molecule has 0 N–H and O–H groups in total. The van der Waals surface area contributed by atoms with Gasteiger partial charge in [-0.2, -0.15) is 0 Å². The predicted octanol–water partition coefficient (Wildman–Crippen LogP) is 3.30. The minimum atomic E-state index is 0.799. The van der Waals surface area contributed by atoms with E-state index in [1.54, 1.807) is 5.98 Å². The smallest absolute Gasteiger partial charge is 0.104 e. The second-order valence-electron chi connectivity index (χ2n) is 6.41. The van der Waals surface area contributed by atoms with Crippen molar-refractivity contribution in [2.45, 2.75) is 32.7 Å². The van der Waals surface area contributed by atoms with Crippen molar-refractivity contribution in [2.75, 3.05) is 19.6 Å². The summed E-state index contributed by atoms with van der Waals surface area (Å²) in [6.07, 6.45) is 8.27. The Morgan fingerprint density at radius 2 is 1.86 bits per heavy atom. The van der Waals surface area contributed by atoms with Crippen molar-refractivity contribution >= 4 is 7.85 Å². The van der Waals surface area contributed by atoms with Crippen LogP contribution in [0, 0.1) is 5.92 Å². The maximum absolute atomic E-state index is 5.59.